The van der Waals surface area contributed by atoms with Gasteiger partial charge in [-0.3, -0.25) is 9.69 Å². The summed E-state index contributed by atoms with van der Waals surface area (Å²) in [6, 6.07) is 7.85. The summed E-state index contributed by atoms with van der Waals surface area (Å²) in [7, 11) is 0. The van der Waals surface area contributed by atoms with Crippen molar-refractivity contribution in [3.8, 4) is 0 Å². The quantitative estimate of drug-likeness (QED) is 0.645. The number of carbonyl (C=O) groups excluding carboxylic acids is 1. The average molecular weight is 463 g/mol. The molecule has 1 aromatic rings. The number of carbonyl (C=O) groups is 1. The standard InChI is InChI=1S/C23H31BrN2O3/c1-2-25-9-11-26(12-10-25)13-14-28-19-7-8-20-22(15-19)29-16-21(23(20)27)17-3-5-18(24)6-4-17/h3-6,16,19-20,22H,2,7-15H2,1H3. The third-order valence-electron chi connectivity index (χ3n) is 6.53. The predicted octanol–water partition coefficient (Wildman–Crippen LogP) is 3.58. The minimum atomic E-state index is -0.0476. The molecule has 2 aliphatic heterocycles. The molecule has 3 atom stereocenters. The van der Waals surface area contributed by atoms with Gasteiger partial charge in [-0.2, -0.15) is 0 Å². The van der Waals surface area contributed by atoms with Crippen LogP contribution in [0.2, 0.25) is 0 Å². The summed E-state index contributed by atoms with van der Waals surface area (Å²) in [5.41, 5.74) is 1.63. The first kappa shape index (κ1) is 21.0. The van der Waals surface area contributed by atoms with Crippen LogP contribution in [0.4, 0.5) is 0 Å². The van der Waals surface area contributed by atoms with Crippen LogP contribution in [-0.2, 0) is 14.3 Å². The van der Waals surface area contributed by atoms with Gasteiger partial charge in [0.25, 0.3) is 0 Å². The molecule has 3 aliphatic rings. The van der Waals surface area contributed by atoms with Crippen molar-refractivity contribution in [2.75, 3.05) is 45.9 Å². The second kappa shape index (κ2) is 9.73. The molecule has 6 heteroatoms. The van der Waals surface area contributed by atoms with Crippen LogP contribution in [0.3, 0.4) is 0 Å². The molecule has 1 saturated carbocycles. The van der Waals surface area contributed by atoms with Gasteiger partial charge in [0.1, 0.15) is 6.10 Å². The van der Waals surface area contributed by atoms with E-state index in [0.717, 1.165) is 75.2 Å². The molecular formula is C23H31BrN2O3. The number of hydrogen-bond donors (Lipinski definition) is 0. The van der Waals surface area contributed by atoms with E-state index in [9.17, 15) is 4.79 Å². The van der Waals surface area contributed by atoms with E-state index in [-0.39, 0.29) is 23.9 Å². The fourth-order valence-corrected chi connectivity index (χ4v) is 4.89. The van der Waals surface area contributed by atoms with E-state index in [1.54, 1.807) is 6.26 Å². The van der Waals surface area contributed by atoms with Crippen molar-refractivity contribution < 1.29 is 14.3 Å². The minimum Gasteiger partial charge on any atom is -0.496 e. The highest BCUT2D eigenvalue weighted by atomic mass is 79.9. The molecule has 1 aliphatic carbocycles. The number of allylic oxidation sites excluding steroid dienone is 1. The van der Waals surface area contributed by atoms with Crippen LogP contribution in [-0.4, -0.2) is 73.7 Å². The third-order valence-corrected chi connectivity index (χ3v) is 7.06. The van der Waals surface area contributed by atoms with Gasteiger partial charge in [0.15, 0.2) is 5.78 Å². The van der Waals surface area contributed by atoms with Crippen LogP contribution in [0, 0.1) is 5.92 Å². The largest absolute Gasteiger partial charge is 0.496 e. The van der Waals surface area contributed by atoms with Crippen molar-refractivity contribution >= 4 is 27.3 Å². The van der Waals surface area contributed by atoms with Crippen LogP contribution in [0.15, 0.2) is 35.0 Å². The monoisotopic (exact) mass is 462 g/mol. The Hall–Kier alpha value is -1.21. The van der Waals surface area contributed by atoms with E-state index in [1.165, 1.54) is 0 Å². The number of fused-ring (bicyclic) bond motifs is 1. The van der Waals surface area contributed by atoms with Crippen molar-refractivity contribution in [2.45, 2.75) is 38.4 Å². The van der Waals surface area contributed by atoms with Crippen molar-refractivity contribution in [1.82, 2.24) is 9.80 Å². The maximum atomic E-state index is 13.0. The van der Waals surface area contributed by atoms with Gasteiger partial charge in [0, 0.05) is 43.6 Å². The number of ether oxygens (including phenoxy) is 2. The summed E-state index contributed by atoms with van der Waals surface area (Å²) in [5, 5.41) is 0. The second-order valence-corrected chi connectivity index (χ2v) is 9.18. The topological polar surface area (TPSA) is 42.0 Å². The molecule has 2 heterocycles. The number of rotatable bonds is 6. The molecule has 1 saturated heterocycles. The molecule has 0 aromatic heterocycles. The summed E-state index contributed by atoms with van der Waals surface area (Å²) in [5.74, 6) is 0.177. The molecule has 0 bridgehead atoms. The van der Waals surface area contributed by atoms with Gasteiger partial charge >= 0.3 is 0 Å². The first-order valence-corrected chi connectivity index (χ1v) is 11.7. The van der Waals surface area contributed by atoms with Crippen LogP contribution in [0.25, 0.3) is 5.57 Å². The van der Waals surface area contributed by atoms with Crippen molar-refractivity contribution in [2.24, 2.45) is 5.92 Å². The zero-order valence-electron chi connectivity index (χ0n) is 17.2. The van der Waals surface area contributed by atoms with Crippen molar-refractivity contribution in [3.63, 3.8) is 0 Å². The smallest absolute Gasteiger partial charge is 0.173 e. The zero-order valence-corrected chi connectivity index (χ0v) is 18.8. The van der Waals surface area contributed by atoms with Crippen molar-refractivity contribution in [3.05, 3.63) is 40.6 Å². The highest BCUT2D eigenvalue weighted by Gasteiger charge is 2.40. The number of piperazine rings is 1. The number of likely N-dealkylation sites (N-methyl/N-ethyl adjacent to an activating group) is 1. The number of nitrogens with zero attached hydrogens (tertiary/aromatic N) is 2. The molecule has 4 rings (SSSR count). The summed E-state index contributed by atoms with van der Waals surface area (Å²) < 4.78 is 13.2. The Balaban J connectivity index is 1.25. The Morgan fingerprint density at radius 2 is 1.83 bits per heavy atom. The highest BCUT2D eigenvalue weighted by Crippen LogP contribution is 2.37. The van der Waals surface area contributed by atoms with Crippen LogP contribution < -0.4 is 0 Å². The Morgan fingerprint density at radius 1 is 1.10 bits per heavy atom. The number of Topliss-reactive ketones (excluding diaryl/α,β-unsaturated/α-hetero) is 1. The lowest BCUT2D eigenvalue weighted by molar-refractivity contribution is -0.128. The molecule has 0 spiro atoms. The Labute approximate surface area is 182 Å². The van der Waals surface area contributed by atoms with Crippen LogP contribution >= 0.6 is 15.9 Å². The lowest BCUT2D eigenvalue weighted by Crippen LogP contribution is -2.47. The fraction of sp³-hybridized carbons (Fsp3) is 0.609. The van der Waals surface area contributed by atoms with Gasteiger partial charge in [-0.1, -0.05) is 35.0 Å². The van der Waals surface area contributed by atoms with E-state index in [2.05, 4.69) is 32.7 Å². The number of benzene rings is 1. The summed E-state index contributed by atoms with van der Waals surface area (Å²) in [6.07, 6.45) is 4.41. The molecule has 29 heavy (non-hydrogen) atoms. The predicted molar refractivity (Wildman–Crippen MR) is 118 cm³/mol. The summed E-state index contributed by atoms with van der Waals surface area (Å²) in [6.45, 7) is 9.72. The molecule has 5 nitrogen and oxygen atoms in total. The van der Waals surface area contributed by atoms with Crippen LogP contribution in [0.1, 0.15) is 31.7 Å². The third kappa shape index (κ3) is 5.10. The molecule has 0 radical (unpaired) electrons. The maximum absolute atomic E-state index is 13.0. The van der Waals surface area contributed by atoms with Gasteiger partial charge in [-0.25, -0.2) is 0 Å². The van der Waals surface area contributed by atoms with Crippen molar-refractivity contribution in [1.29, 1.82) is 0 Å². The summed E-state index contributed by atoms with van der Waals surface area (Å²) >= 11 is 3.44. The Morgan fingerprint density at radius 3 is 2.55 bits per heavy atom. The Bertz CT molecular complexity index is 728. The molecule has 3 unspecified atom stereocenters. The van der Waals surface area contributed by atoms with Crippen LogP contribution in [0.5, 0.6) is 0 Å². The lowest BCUT2D eigenvalue weighted by Gasteiger charge is -2.38. The minimum absolute atomic E-state index is 0.0411. The first-order valence-electron chi connectivity index (χ1n) is 10.9. The number of hydrogen-bond acceptors (Lipinski definition) is 5. The first-order chi connectivity index (χ1) is 14.1. The molecule has 0 N–H and O–H groups in total. The Kier molecular flexibility index (Phi) is 7.06. The average Bonchev–Trinajstić information content (AvgIpc) is 2.75. The maximum Gasteiger partial charge on any atom is 0.173 e. The van der Waals surface area contributed by atoms with Gasteiger partial charge in [-0.05, 0) is 37.1 Å². The van der Waals surface area contributed by atoms with Gasteiger partial charge in [-0.15, -0.1) is 0 Å². The molecular weight excluding hydrogens is 432 g/mol. The van der Waals surface area contributed by atoms with Gasteiger partial charge < -0.3 is 14.4 Å². The molecule has 0 amide bonds. The highest BCUT2D eigenvalue weighted by molar-refractivity contribution is 9.10. The van der Waals surface area contributed by atoms with E-state index in [1.807, 2.05) is 24.3 Å². The summed E-state index contributed by atoms with van der Waals surface area (Å²) in [4.78, 5) is 18.0. The SMILES string of the molecule is CCN1CCN(CCOC2CCC3C(=O)C(c4ccc(Br)cc4)=COC3C2)CC1. The van der Waals surface area contributed by atoms with E-state index >= 15 is 0 Å². The fourth-order valence-electron chi connectivity index (χ4n) is 4.62. The number of ketones is 1. The van der Waals surface area contributed by atoms with Gasteiger partial charge in [0.05, 0.1) is 30.5 Å². The molecule has 158 valence electrons. The van der Waals surface area contributed by atoms with E-state index < -0.39 is 0 Å². The lowest BCUT2D eigenvalue weighted by atomic mass is 9.78. The zero-order chi connectivity index (χ0) is 20.2. The molecule has 2 fully saturated rings. The second-order valence-electron chi connectivity index (χ2n) is 8.27. The molecule has 1 aromatic carbocycles. The normalized spacial score (nSPS) is 28.6. The van der Waals surface area contributed by atoms with E-state index in [0.29, 0.717) is 5.57 Å². The number of halogens is 1. The van der Waals surface area contributed by atoms with Gasteiger partial charge in [0.2, 0.25) is 0 Å². The van der Waals surface area contributed by atoms with E-state index in [4.69, 9.17) is 9.47 Å².